The van der Waals surface area contributed by atoms with Crippen molar-refractivity contribution in [2.24, 2.45) is 0 Å². The molecule has 0 aromatic heterocycles. The molecule has 5 N–H and O–H groups in total. The third-order valence-corrected chi connectivity index (χ3v) is 9.72. The lowest BCUT2D eigenvalue weighted by atomic mass is 10.0. The number of amides is 4. The van der Waals surface area contributed by atoms with Crippen LogP contribution >= 0.6 is 0 Å². The number of nitrogens with one attached hydrogen (secondary N) is 3. The molecular weight excluding hydrogens is 756 g/mol. The van der Waals surface area contributed by atoms with Gasteiger partial charge >= 0.3 is 11.9 Å². The molecule has 1 saturated heterocycles. The number of nitrogens with zero attached hydrogens (tertiary/aromatic N) is 1. The molecule has 0 spiro atoms. The quantitative estimate of drug-likeness (QED) is 0.0559. The summed E-state index contributed by atoms with van der Waals surface area (Å²) in [5, 5.41) is 26.0. The van der Waals surface area contributed by atoms with E-state index in [0.29, 0.717) is 19.4 Å². The summed E-state index contributed by atoms with van der Waals surface area (Å²) in [5.74, 6) is -3.12. The van der Waals surface area contributed by atoms with Gasteiger partial charge in [0.1, 0.15) is 19.3 Å². The van der Waals surface area contributed by atoms with Crippen molar-refractivity contribution in [1.29, 1.82) is 0 Å². The number of unbranched alkanes of at least 4 members (excludes halogenated alkanes) is 13. The van der Waals surface area contributed by atoms with Crippen LogP contribution < -0.4 is 16.0 Å². The first-order valence-corrected chi connectivity index (χ1v) is 21.4. The molecule has 58 heavy (non-hydrogen) atoms. The van der Waals surface area contributed by atoms with Crippen molar-refractivity contribution >= 4 is 41.4 Å². The summed E-state index contributed by atoms with van der Waals surface area (Å²) in [7, 11) is 0. The number of carbonyl (C=O) groups excluding carboxylic acids is 5. The Hall–Kier alpha value is -3.67. The van der Waals surface area contributed by atoms with Crippen LogP contribution in [0.2, 0.25) is 0 Å². The van der Waals surface area contributed by atoms with Crippen LogP contribution in [-0.4, -0.2) is 141 Å². The normalized spacial score (nSPS) is 14.2. The fourth-order valence-electron chi connectivity index (χ4n) is 6.48. The third kappa shape index (κ3) is 29.5. The highest BCUT2D eigenvalue weighted by atomic mass is 16.5. The molecule has 0 bridgehead atoms. The van der Waals surface area contributed by atoms with Gasteiger partial charge in [0.25, 0.3) is 0 Å². The van der Waals surface area contributed by atoms with Gasteiger partial charge in [0.15, 0.2) is 5.78 Å². The number of rotatable bonds is 39. The summed E-state index contributed by atoms with van der Waals surface area (Å²) in [6.07, 6.45) is 17.0. The Labute approximate surface area is 344 Å². The van der Waals surface area contributed by atoms with Crippen LogP contribution in [0.3, 0.4) is 0 Å². The number of carboxylic acids is 2. The summed E-state index contributed by atoms with van der Waals surface area (Å²) in [5.41, 5.74) is 0. The van der Waals surface area contributed by atoms with Crippen molar-refractivity contribution in [2.45, 2.75) is 147 Å². The number of Topliss-reactive ketones (excluding diaryl/α,β-unsaturated/α-hetero) is 1. The molecule has 1 rings (SSSR count). The number of ether oxygens (including phenoxy) is 4. The molecule has 1 heterocycles. The van der Waals surface area contributed by atoms with E-state index in [0.717, 1.165) is 44.9 Å². The van der Waals surface area contributed by atoms with Crippen molar-refractivity contribution in [3.05, 3.63) is 0 Å². The second kappa shape index (κ2) is 35.3. The zero-order valence-corrected chi connectivity index (χ0v) is 34.9. The maximum Gasteiger partial charge on any atom is 0.326 e. The number of aliphatic carboxylic acids is 2. The maximum absolute atomic E-state index is 12.3. The van der Waals surface area contributed by atoms with E-state index < -0.39 is 18.0 Å². The number of ketones is 1. The van der Waals surface area contributed by atoms with Crippen LogP contribution in [0.4, 0.5) is 0 Å². The Bertz CT molecular complexity index is 1190. The molecule has 0 saturated carbocycles. The fraction of sp³-hybridized carbons (Fsp3) is 0.829. The lowest BCUT2D eigenvalue weighted by Gasteiger charge is -2.22. The van der Waals surface area contributed by atoms with Gasteiger partial charge in [0.05, 0.1) is 45.7 Å². The monoisotopic (exact) mass is 829 g/mol. The highest BCUT2D eigenvalue weighted by Gasteiger charge is 2.31. The van der Waals surface area contributed by atoms with E-state index in [-0.39, 0.29) is 127 Å². The fourth-order valence-corrected chi connectivity index (χ4v) is 6.48. The molecule has 0 aliphatic carbocycles. The maximum atomic E-state index is 12.3. The van der Waals surface area contributed by atoms with Crippen molar-refractivity contribution in [1.82, 2.24) is 20.9 Å². The minimum absolute atomic E-state index is 0.0141. The number of carboxylic acid groups (broad SMARTS) is 2. The molecule has 1 aliphatic rings. The van der Waals surface area contributed by atoms with Crippen LogP contribution in [-0.2, 0) is 52.5 Å². The smallest absolute Gasteiger partial charge is 0.326 e. The van der Waals surface area contributed by atoms with E-state index in [2.05, 4.69) is 16.0 Å². The van der Waals surface area contributed by atoms with E-state index in [1.165, 1.54) is 51.9 Å². The summed E-state index contributed by atoms with van der Waals surface area (Å²) in [6, 6.07) is -1.49. The number of hydrogen-bond acceptors (Lipinski definition) is 11. The van der Waals surface area contributed by atoms with Gasteiger partial charge in [-0.25, -0.2) is 4.79 Å². The standard InChI is InChI=1S/C41H72N4O13/c1-33(46)35-17-16-24-45(35)39(50)32-58-30-28-56-26-23-43-38(49)31-57-29-27-55-25-22-42-36(47)21-20-34(41(53)54)44-37(48)18-14-12-10-8-6-4-2-3-5-7-9-11-13-15-19-40(51)52/h34-35H,2-32H2,1H3,(H,42,47)(H,43,49)(H,44,48)(H,51,52)(H,53,54)/t34?,35-/m0/s1. The first-order valence-electron chi connectivity index (χ1n) is 21.4. The van der Waals surface area contributed by atoms with Crippen molar-refractivity contribution in [3.8, 4) is 0 Å². The van der Waals surface area contributed by atoms with E-state index in [4.69, 9.17) is 24.1 Å². The van der Waals surface area contributed by atoms with Crippen LogP contribution in [0.15, 0.2) is 0 Å². The summed E-state index contributed by atoms with van der Waals surface area (Å²) in [4.78, 5) is 84.0. The molecule has 0 aromatic carbocycles. The molecule has 17 nitrogen and oxygen atoms in total. The van der Waals surface area contributed by atoms with Crippen LogP contribution in [0.25, 0.3) is 0 Å². The second-order valence-electron chi connectivity index (χ2n) is 14.7. The topological polar surface area (TPSA) is 236 Å². The molecule has 1 unspecified atom stereocenters. The summed E-state index contributed by atoms with van der Waals surface area (Å²) in [6.45, 7) is 3.57. The van der Waals surface area contributed by atoms with Gasteiger partial charge in [-0.3, -0.25) is 28.8 Å². The first kappa shape index (κ1) is 52.3. The van der Waals surface area contributed by atoms with Gasteiger partial charge < -0.3 is 50.0 Å². The minimum atomic E-state index is -1.18. The molecule has 334 valence electrons. The van der Waals surface area contributed by atoms with Crippen LogP contribution in [0, 0.1) is 0 Å². The summed E-state index contributed by atoms with van der Waals surface area (Å²) < 4.78 is 21.4. The van der Waals surface area contributed by atoms with Gasteiger partial charge in [0, 0.05) is 38.9 Å². The number of carbonyl (C=O) groups is 7. The first-order chi connectivity index (χ1) is 28.0. The Morgan fingerprint density at radius 1 is 0.586 bits per heavy atom. The average Bonchev–Trinajstić information content (AvgIpc) is 3.69. The van der Waals surface area contributed by atoms with E-state index in [9.17, 15) is 38.7 Å². The Morgan fingerprint density at radius 2 is 1.07 bits per heavy atom. The Kier molecular flexibility index (Phi) is 31.9. The molecule has 17 heteroatoms. The number of likely N-dealkylation sites (tertiary alicyclic amines) is 1. The highest BCUT2D eigenvalue weighted by Crippen LogP contribution is 2.18. The van der Waals surface area contributed by atoms with Gasteiger partial charge in [-0.1, -0.05) is 77.0 Å². The van der Waals surface area contributed by atoms with Crippen LogP contribution in [0.5, 0.6) is 0 Å². The lowest BCUT2D eigenvalue weighted by molar-refractivity contribution is -0.142. The Balaban J connectivity index is 1.92. The van der Waals surface area contributed by atoms with Crippen molar-refractivity contribution in [2.75, 3.05) is 72.5 Å². The SMILES string of the molecule is CC(=O)[C@@H]1CCCN1C(=O)COCCOCCNC(=O)COCCOCCNC(=O)CCC(NC(=O)CCCCCCCCCCCCCCCCC(=O)O)C(=O)O. The lowest BCUT2D eigenvalue weighted by Crippen LogP contribution is -2.41. The Morgan fingerprint density at radius 3 is 1.59 bits per heavy atom. The molecule has 1 aliphatic heterocycles. The van der Waals surface area contributed by atoms with E-state index in [1.807, 2.05) is 0 Å². The van der Waals surface area contributed by atoms with Gasteiger partial charge in [-0.2, -0.15) is 0 Å². The molecule has 1 fully saturated rings. The van der Waals surface area contributed by atoms with Crippen molar-refractivity contribution < 1.29 is 62.7 Å². The zero-order valence-electron chi connectivity index (χ0n) is 34.9. The number of hydrogen-bond donors (Lipinski definition) is 5. The van der Waals surface area contributed by atoms with Gasteiger partial charge in [-0.05, 0) is 39.0 Å². The minimum Gasteiger partial charge on any atom is -0.481 e. The van der Waals surface area contributed by atoms with Gasteiger partial charge in [-0.15, -0.1) is 0 Å². The highest BCUT2D eigenvalue weighted by molar-refractivity contribution is 5.88. The van der Waals surface area contributed by atoms with E-state index in [1.54, 1.807) is 4.90 Å². The van der Waals surface area contributed by atoms with Crippen LogP contribution in [0.1, 0.15) is 135 Å². The second-order valence-corrected chi connectivity index (χ2v) is 14.7. The molecule has 0 radical (unpaired) electrons. The zero-order chi connectivity index (χ0) is 42.6. The largest absolute Gasteiger partial charge is 0.481 e. The predicted octanol–water partition coefficient (Wildman–Crippen LogP) is 3.54. The predicted molar refractivity (Wildman–Crippen MR) is 215 cm³/mol. The molecular formula is C41H72N4O13. The van der Waals surface area contributed by atoms with Gasteiger partial charge in [0.2, 0.25) is 23.6 Å². The van der Waals surface area contributed by atoms with E-state index >= 15 is 0 Å². The molecule has 2 atom stereocenters. The molecule has 0 aromatic rings. The van der Waals surface area contributed by atoms with Crippen molar-refractivity contribution in [3.63, 3.8) is 0 Å². The summed E-state index contributed by atoms with van der Waals surface area (Å²) >= 11 is 0. The average molecular weight is 829 g/mol. The third-order valence-electron chi connectivity index (χ3n) is 9.72. The molecule has 4 amide bonds.